The predicted molar refractivity (Wildman–Crippen MR) is 68.7 cm³/mol. The summed E-state index contributed by atoms with van der Waals surface area (Å²) in [6.45, 7) is 4.07. The standard InChI is InChI=1S/C12H14N4O2/c1-8(2)12-3-4-15(14-12)10-5-9(13)6-11(7-10)16(17)18/h3-8H,13H2,1-2H3. The molecular weight excluding hydrogens is 232 g/mol. The fourth-order valence-electron chi connectivity index (χ4n) is 1.65. The van der Waals surface area contributed by atoms with E-state index >= 15 is 0 Å². The van der Waals surface area contributed by atoms with Crippen LogP contribution in [0.5, 0.6) is 0 Å². The summed E-state index contributed by atoms with van der Waals surface area (Å²) in [6.07, 6.45) is 1.77. The molecule has 6 heteroatoms. The molecule has 0 aliphatic carbocycles. The van der Waals surface area contributed by atoms with Gasteiger partial charge in [0.25, 0.3) is 5.69 Å². The van der Waals surface area contributed by atoms with Gasteiger partial charge in [0, 0.05) is 24.0 Å². The third-order valence-electron chi connectivity index (χ3n) is 2.60. The lowest BCUT2D eigenvalue weighted by molar-refractivity contribution is -0.384. The monoisotopic (exact) mass is 246 g/mol. The maximum absolute atomic E-state index is 10.8. The van der Waals surface area contributed by atoms with Crippen LogP contribution in [0.3, 0.4) is 0 Å². The molecule has 0 bridgehead atoms. The highest BCUT2D eigenvalue weighted by Gasteiger charge is 2.11. The van der Waals surface area contributed by atoms with Gasteiger partial charge < -0.3 is 5.73 Å². The molecule has 0 saturated carbocycles. The molecule has 1 heterocycles. The second kappa shape index (κ2) is 4.48. The summed E-state index contributed by atoms with van der Waals surface area (Å²) in [5.41, 5.74) is 7.49. The lowest BCUT2D eigenvalue weighted by Gasteiger charge is -2.04. The number of non-ortho nitro benzene ring substituents is 1. The predicted octanol–water partition coefficient (Wildman–Crippen LogP) is 2.49. The van der Waals surface area contributed by atoms with Crippen LogP contribution in [-0.4, -0.2) is 14.7 Å². The molecule has 1 aromatic heterocycles. The van der Waals surface area contributed by atoms with Crippen molar-refractivity contribution in [2.75, 3.05) is 5.73 Å². The topological polar surface area (TPSA) is 87.0 Å². The third-order valence-corrected chi connectivity index (χ3v) is 2.60. The van der Waals surface area contributed by atoms with Crippen LogP contribution in [0.4, 0.5) is 11.4 Å². The Balaban J connectivity index is 2.46. The van der Waals surface area contributed by atoms with Gasteiger partial charge in [-0.05, 0) is 18.1 Å². The molecule has 2 rings (SSSR count). The van der Waals surface area contributed by atoms with Crippen LogP contribution in [0, 0.1) is 10.1 Å². The molecule has 0 atom stereocenters. The molecule has 0 aliphatic rings. The molecule has 2 aromatic rings. The number of aromatic nitrogens is 2. The average molecular weight is 246 g/mol. The Morgan fingerprint density at radius 1 is 1.39 bits per heavy atom. The molecule has 0 aliphatic heterocycles. The Hall–Kier alpha value is -2.37. The molecule has 6 nitrogen and oxygen atoms in total. The maximum atomic E-state index is 10.8. The molecule has 94 valence electrons. The van der Waals surface area contributed by atoms with Gasteiger partial charge >= 0.3 is 0 Å². The van der Waals surface area contributed by atoms with E-state index < -0.39 is 4.92 Å². The van der Waals surface area contributed by atoms with Gasteiger partial charge in [-0.3, -0.25) is 10.1 Å². The van der Waals surface area contributed by atoms with Gasteiger partial charge in [0.05, 0.1) is 16.3 Å². The molecule has 0 amide bonds. The van der Waals surface area contributed by atoms with Gasteiger partial charge in [0.1, 0.15) is 0 Å². The van der Waals surface area contributed by atoms with Crippen molar-refractivity contribution in [3.63, 3.8) is 0 Å². The third kappa shape index (κ3) is 2.32. The van der Waals surface area contributed by atoms with E-state index in [1.807, 2.05) is 19.9 Å². The Morgan fingerprint density at radius 2 is 2.11 bits per heavy atom. The molecule has 0 saturated heterocycles. The Morgan fingerprint density at radius 3 is 2.67 bits per heavy atom. The highest BCUT2D eigenvalue weighted by Crippen LogP contribution is 2.22. The van der Waals surface area contributed by atoms with E-state index in [0.29, 0.717) is 17.3 Å². The van der Waals surface area contributed by atoms with Crippen LogP contribution in [0.25, 0.3) is 5.69 Å². The SMILES string of the molecule is CC(C)c1ccn(-c2cc(N)cc([N+](=O)[O-])c2)n1. The molecule has 0 fully saturated rings. The Kier molecular flexibility index (Phi) is 3.01. The lowest BCUT2D eigenvalue weighted by Crippen LogP contribution is -2.00. The fraction of sp³-hybridized carbons (Fsp3) is 0.250. The first-order chi connectivity index (χ1) is 8.47. The van der Waals surface area contributed by atoms with Crippen molar-refractivity contribution in [2.45, 2.75) is 19.8 Å². The van der Waals surface area contributed by atoms with E-state index in [1.165, 1.54) is 12.1 Å². The van der Waals surface area contributed by atoms with Crippen molar-refractivity contribution in [2.24, 2.45) is 0 Å². The quantitative estimate of drug-likeness (QED) is 0.512. The molecular formula is C12H14N4O2. The normalized spacial score (nSPS) is 10.8. The number of anilines is 1. The molecule has 2 N–H and O–H groups in total. The second-order valence-electron chi connectivity index (χ2n) is 4.38. The first-order valence-corrected chi connectivity index (χ1v) is 5.58. The fourth-order valence-corrected chi connectivity index (χ4v) is 1.65. The smallest absolute Gasteiger partial charge is 0.273 e. The highest BCUT2D eigenvalue weighted by molar-refractivity contribution is 5.56. The average Bonchev–Trinajstić information content (AvgIpc) is 2.77. The summed E-state index contributed by atoms with van der Waals surface area (Å²) >= 11 is 0. The van der Waals surface area contributed by atoms with Gasteiger partial charge in [-0.25, -0.2) is 4.68 Å². The van der Waals surface area contributed by atoms with Gasteiger partial charge in [0.2, 0.25) is 0 Å². The number of rotatable bonds is 3. The number of nitro groups is 1. The van der Waals surface area contributed by atoms with Crippen molar-refractivity contribution in [1.82, 2.24) is 9.78 Å². The van der Waals surface area contributed by atoms with Gasteiger partial charge in [-0.2, -0.15) is 5.10 Å². The molecule has 0 radical (unpaired) electrons. The van der Waals surface area contributed by atoms with Crippen molar-refractivity contribution in [1.29, 1.82) is 0 Å². The van der Waals surface area contributed by atoms with Gasteiger partial charge in [-0.1, -0.05) is 13.8 Å². The number of hydrogen-bond donors (Lipinski definition) is 1. The van der Waals surface area contributed by atoms with E-state index in [9.17, 15) is 10.1 Å². The van der Waals surface area contributed by atoms with E-state index in [1.54, 1.807) is 16.9 Å². The maximum Gasteiger partial charge on any atom is 0.273 e. The molecule has 1 aromatic carbocycles. The number of nitrogens with zero attached hydrogens (tertiary/aromatic N) is 3. The van der Waals surface area contributed by atoms with E-state index in [2.05, 4.69) is 5.10 Å². The minimum absolute atomic E-state index is 0.0356. The Labute approximate surface area is 104 Å². The largest absolute Gasteiger partial charge is 0.398 e. The first-order valence-electron chi connectivity index (χ1n) is 5.58. The summed E-state index contributed by atoms with van der Waals surface area (Å²) in [5, 5.41) is 15.1. The summed E-state index contributed by atoms with van der Waals surface area (Å²) in [4.78, 5) is 10.3. The van der Waals surface area contributed by atoms with Gasteiger partial charge in [-0.15, -0.1) is 0 Å². The molecule has 18 heavy (non-hydrogen) atoms. The number of benzene rings is 1. The Bertz CT molecular complexity index is 590. The van der Waals surface area contributed by atoms with Crippen LogP contribution >= 0.6 is 0 Å². The van der Waals surface area contributed by atoms with Crippen LogP contribution in [0.2, 0.25) is 0 Å². The van der Waals surface area contributed by atoms with Crippen molar-refractivity contribution in [3.8, 4) is 5.69 Å². The highest BCUT2D eigenvalue weighted by atomic mass is 16.6. The van der Waals surface area contributed by atoms with E-state index in [-0.39, 0.29) is 5.69 Å². The van der Waals surface area contributed by atoms with E-state index in [4.69, 9.17) is 5.73 Å². The number of nitro benzene ring substituents is 1. The van der Waals surface area contributed by atoms with Crippen LogP contribution in [0.15, 0.2) is 30.5 Å². The zero-order valence-corrected chi connectivity index (χ0v) is 10.2. The van der Waals surface area contributed by atoms with Gasteiger partial charge in [0.15, 0.2) is 0 Å². The summed E-state index contributed by atoms with van der Waals surface area (Å²) in [5.74, 6) is 0.308. The van der Waals surface area contributed by atoms with Crippen molar-refractivity contribution < 1.29 is 4.92 Å². The summed E-state index contributed by atoms with van der Waals surface area (Å²) in [6, 6.07) is 6.33. The minimum atomic E-state index is -0.466. The first kappa shape index (κ1) is 12.1. The number of hydrogen-bond acceptors (Lipinski definition) is 4. The zero-order chi connectivity index (χ0) is 13.3. The minimum Gasteiger partial charge on any atom is -0.398 e. The van der Waals surface area contributed by atoms with Crippen molar-refractivity contribution in [3.05, 3.63) is 46.3 Å². The summed E-state index contributed by atoms with van der Waals surface area (Å²) < 4.78 is 1.60. The van der Waals surface area contributed by atoms with Crippen LogP contribution < -0.4 is 5.73 Å². The lowest BCUT2D eigenvalue weighted by atomic mass is 10.1. The second-order valence-corrected chi connectivity index (χ2v) is 4.38. The summed E-state index contributed by atoms with van der Waals surface area (Å²) in [7, 11) is 0. The molecule has 0 unspecified atom stereocenters. The number of nitrogen functional groups attached to an aromatic ring is 1. The molecule has 0 spiro atoms. The van der Waals surface area contributed by atoms with Crippen LogP contribution in [-0.2, 0) is 0 Å². The zero-order valence-electron chi connectivity index (χ0n) is 10.2. The number of nitrogens with two attached hydrogens (primary N) is 1. The van der Waals surface area contributed by atoms with E-state index in [0.717, 1.165) is 5.69 Å². The van der Waals surface area contributed by atoms with Crippen molar-refractivity contribution >= 4 is 11.4 Å². The van der Waals surface area contributed by atoms with Crippen LogP contribution in [0.1, 0.15) is 25.5 Å².